The summed E-state index contributed by atoms with van der Waals surface area (Å²) in [5, 5.41) is 3.06. The van der Waals surface area contributed by atoms with Crippen LogP contribution in [-0.2, 0) is 9.84 Å². The molecule has 3 rings (SSSR count). The van der Waals surface area contributed by atoms with Gasteiger partial charge in [-0.2, -0.15) is 0 Å². The summed E-state index contributed by atoms with van der Waals surface area (Å²) < 4.78 is 24.9. The molecular formula is C16H16Cl3N3O3S. The zero-order chi connectivity index (χ0) is 19.2. The molecule has 1 heterocycles. The van der Waals surface area contributed by atoms with Crippen LogP contribution in [0, 0.1) is 5.92 Å². The molecule has 26 heavy (non-hydrogen) atoms. The SMILES string of the molecule is C[C@H](C1CC1)n1cc(Cl)nc(Nc2c(Cl)cc(S(C)(=O)=O)cc2Cl)c1=O. The maximum absolute atomic E-state index is 12.7. The number of halogens is 3. The summed E-state index contributed by atoms with van der Waals surface area (Å²) in [7, 11) is -3.47. The minimum atomic E-state index is -3.47. The molecule has 1 N–H and O–H groups in total. The van der Waals surface area contributed by atoms with Crippen LogP contribution in [0.4, 0.5) is 11.5 Å². The fraction of sp³-hybridized carbons (Fsp3) is 0.375. The van der Waals surface area contributed by atoms with Crippen molar-refractivity contribution < 1.29 is 8.42 Å². The molecule has 1 fully saturated rings. The standard InChI is InChI=1S/C16H16Cl3N3O3S/c1-8(9-3-4-9)22-7-13(19)20-15(16(22)23)21-14-11(17)5-10(6-12(14)18)26(2,24)25/h5-9H,3-4H2,1-2H3,(H,20,21)/t8-/m1/s1. The Bertz CT molecular complexity index is 1010. The topological polar surface area (TPSA) is 81.1 Å². The van der Waals surface area contributed by atoms with Crippen molar-refractivity contribution in [2.24, 2.45) is 5.92 Å². The zero-order valence-electron chi connectivity index (χ0n) is 14.0. The van der Waals surface area contributed by atoms with Gasteiger partial charge in [-0.3, -0.25) is 4.79 Å². The number of hydrogen-bond acceptors (Lipinski definition) is 5. The molecule has 0 unspecified atom stereocenters. The number of nitrogens with zero attached hydrogens (tertiary/aromatic N) is 2. The number of benzene rings is 1. The highest BCUT2D eigenvalue weighted by Gasteiger charge is 2.30. The first-order valence-electron chi connectivity index (χ1n) is 7.82. The monoisotopic (exact) mass is 435 g/mol. The molecule has 140 valence electrons. The average molecular weight is 437 g/mol. The molecular weight excluding hydrogens is 421 g/mol. The highest BCUT2D eigenvalue weighted by atomic mass is 35.5. The third-order valence-electron chi connectivity index (χ3n) is 4.33. The second kappa shape index (κ2) is 7.03. The van der Waals surface area contributed by atoms with E-state index in [2.05, 4.69) is 10.3 Å². The van der Waals surface area contributed by atoms with E-state index in [1.807, 2.05) is 6.92 Å². The number of aromatic nitrogens is 2. The molecule has 1 aliphatic rings. The maximum Gasteiger partial charge on any atom is 0.294 e. The normalized spacial score (nSPS) is 15.7. The molecule has 0 bridgehead atoms. The van der Waals surface area contributed by atoms with Crippen molar-refractivity contribution in [3.8, 4) is 0 Å². The minimum Gasteiger partial charge on any atom is -0.333 e. The minimum absolute atomic E-state index is 0.00195. The van der Waals surface area contributed by atoms with E-state index in [-0.39, 0.29) is 43.2 Å². The first kappa shape index (κ1) is 19.5. The fourth-order valence-corrected chi connectivity index (χ4v) is 4.24. The first-order valence-corrected chi connectivity index (χ1v) is 10.8. The Morgan fingerprint density at radius 3 is 2.31 bits per heavy atom. The lowest BCUT2D eigenvalue weighted by Gasteiger charge is -2.17. The summed E-state index contributed by atoms with van der Waals surface area (Å²) >= 11 is 18.4. The van der Waals surface area contributed by atoms with Gasteiger partial charge in [0, 0.05) is 18.5 Å². The van der Waals surface area contributed by atoms with E-state index in [1.165, 1.54) is 18.3 Å². The van der Waals surface area contributed by atoms with Crippen LogP contribution in [0.5, 0.6) is 0 Å². The van der Waals surface area contributed by atoms with Crippen molar-refractivity contribution in [3.63, 3.8) is 0 Å². The summed E-state index contributed by atoms with van der Waals surface area (Å²) in [5.41, 5.74) is -0.161. The third-order valence-corrected chi connectivity index (χ3v) is 6.20. The largest absolute Gasteiger partial charge is 0.333 e. The van der Waals surface area contributed by atoms with E-state index in [1.54, 1.807) is 4.57 Å². The summed E-state index contributed by atoms with van der Waals surface area (Å²) in [6.07, 6.45) is 4.70. The van der Waals surface area contributed by atoms with Gasteiger partial charge in [0.2, 0.25) is 0 Å². The molecule has 1 atom stereocenters. The van der Waals surface area contributed by atoms with Gasteiger partial charge in [-0.05, 0) is 37.8 Å². The number of rotatable bonds is 5. The average Bonchev–Trinajstić information content (AvgIpc) is 3.36. The van der Waals surface area contributed by atoms with Gasteiger partial charge in [0.25, 0.3) is 5.56 Å². The predicted octanol–water partition coefficient (Wildman–Crippen LogP) is 4.32. The quantitative estimate of drug-likeness (QED) is 0.755. The van der Waals surface area contributed by atoms with Gasteiger partial charge in [0.05, 0.1) is 20.6 Å². The molecule has 0 amide bonds. The van der Waals surface area contributed by atoms with Crippen LogP contribution >= 0.6 is 34.8 Å². The Hall–Kier alpha value is -1.28. The summed E-state index contributed by atoms with van der Waals surface area (Å²) in [6.45, 7) is 1.96. The number of anilines is 2. The zero-order valence-corrected chi connectivity index (χ0v) is 17.0. The molecule has 10 heteroatoms. The molecule has 0 radical (unpaired) electrons. The maximum atomic E-state index is 12.7. The van der Waals surface area contributed by atoms with Crippen LogP contribution < -0.4 is 10.9 Å². The Morgan fingerprint density at radius 2 is 1.81 bits per heavy atom. The Kier molecular flexibility index (Phi) is 5.27. The highest BCUT2D eigenvalue weighted by Crippen LogP contribution is 2.39. The number of hydrogen-bond donors (Lipinski definition) is 1. The lowest BCUT2D eigenvalue weighted by molar-refractivity contribution is 0.470. The van der Waals surface area contributed by atoms with Crippen LogP contribution in [0.25, 0.3) is 0 Å². The molecule has 6 nitrogen and oxygen atoms in total. The number of sulfone groups is 1. The summed E-state index contributed by atoms with van der Waals surface area (Å²) in [6, 6.07) is 2.53. The van der Waals surface area contributed by atoms with E-state index in [0.717, 1.165) is 19.1 Å². The van der Waals surface area contributed by atoms with Gasteiger partial charge < -0.3 is 9.88 Å². The second-order valence-corrected chi connectivity index (χ2v) is 9.58. The summed E-state index contributed by atoms with van der Waals surface area (Å²) in [5.74, 6) is 0.418. The number of nitrogens with one attached hydrogen (secondary N) is 1. The van der Waals surface area contributed by atoms with Crippen LogP contribution in [0.3, 0.4) is 0 Å². The molecule has 1 aromatic carbocycles. The molecule has 0 saturated heterocycles. The lowest BCUT2D eigenvalue weighted by atomic mass is 10.2. The van der Waals surface area contributed by atoms with E-state index in [4.69, 9.17) is 34.8 Å². The van der Waals surface area contributed by atoms with E-state index >= 15 is 0 Å². The van der Waals surface area contributed by atoms with Crippen molar-refractivity contribution >= 4 is 56.1 Å². The molecule has 0 spiro atoms. The van der Waals surface area contributed by atoms with E-state index in [9.17, 15) is 13.2 Å². The van der Waals surface area contributed by atoms with Gasteiger partial charge in [-0.25, -0.2) is 13.4 Å². The lowest BCUT2D eigenvalue weighted by Crippen LogP contribution is -2.27. The third kappa shape index (κ3) is 4.01. The van der Waals surface area contributed by atoms with Crippen LogP contribution in [0.15, 0.2) is 28.0 Å². The van der Waals surface area contributed by atoms with E-state index in [0.29, 0.717) is 5.92 Å². The van der Waals surface area contributed by atoms with Gasteiger partial charge in [0.15, 0.2) is 15.7 Å². The van der Waals surface area contributed by atoms with Crippen molar-refractivity contribution in [2.75, 3.05) is 11.6 Å². The van der Waals surface area contributed by atoms with Crippen molar-refractivity contribution in [2.45, 2.75) is 30.7 Å². The molecule has 2 aromatic rings. The smallest absolute Gasteiger partial charge is 0.294 e. The highest BCUT2D eigenvalue weighted by molar-refractivity contribution is 7.90. The van der Waals surface area contributed by atoms with Crippen LogP contribution in [0.2, 0.25) is 15.2 Å². The van der Waals surface area contributed by atoms with Gasteiger partial charge in [-0.1, -0.05) is 34.8 Å². The Morgan fingerprint density at radius 1 is 1.23 bits per heavy atom. The Balaban J connectivity index is 2.03. The molecule has 1 aliphatic carbocycles. The Labute approximate surface area is 166 Å². The van der Waals surface area contributed by atoms with Crippen LogP contribution in [0.1, 0.15) is 25.8 Å². The fourth-order valence-electron chi connectivity index (χ4n) is 2.67. The first-order chi connectivity index (χ1) is 12.1. The van der Waals surface area contributed by atoms with Crippen LogP contribution in [-0.4, -0.2) is 24.2 Å². The van der Waals surface area contributed by atoms with Gasteiger partial charge in [0.1, 0.15) is 5.15 Å². The van der Waals surface area contributed by atoms with Gasteiger partial charge in [-0.15, -0.1) is 0 Å². The van der Waals surface area contributed by atoms with Crippen molar-refractivity contribution in [3.05, 3.63) is 43.9 Å². The van der Waals surface area contributed by atoms with E-state index < -0.39 is 9.84 Å². The predicted molar refractivity (Wildman–Crippen MR) is 104 cm³/mol. The summed E-state index contributed by atoms with van der Waals surface area (Å²) in [4.78, 5) is 16.8. The molecule has 1 aromatic heterocycles. The molecule has 1 saturated carbocycles. The van der Waals surface area contributed by atoms with Crippen molar-refractivity contribution in [1.82, 2.24) is 9.55 Å². The molecule has 0 aliphatic heterocycles. The van der Waals surface area contributed by atoms with Crippen molar-refractivity contribution in [1.29, 1.82) is 0 Å². The van der Waals surface area contributed by atoms with Gasteiger partial charge >= 0.3 is 0 Å². The second-order valence-electron chi connectivity index (χ2n) is 6.36.